The van der Waals surface area contributed by atoms with E-state index in [0.717, 1.165) is 6.42 Å². The quantitative estimate of drug-likeness (QED) is 0.733. The molecule has 2 rings (SSSR count). The minimum atomic E-state index is 0.105. The van der Waals surface area contributed by atoms with E-state index >= 15 is 0 Å². The third-order valence-corrected chi connectivity index (χ3v) is 2.43. The summed E-state index contributed by atoms with van der Waals surface area (Å²) in [5, 5.41) is 6.20. The van der Waals surface area contributed by atoms with Gasteiger partial charge in [-0.05, 0) is 24.1 Å². The molecule has 1 unspecified atom stereocenters. The molecule has 1 aromatic heterocycles. The van der Waals surface area contributed by atoms with Crippen molar-refractivity contribution in [1.29, 1.82) is 0 Å². The number of hydrogen-bond acceptors (Lipinski definition) is 4. The van der Waals surface area contributed by atoms with E-state index < -0.39 is 0 Å². The van der Waals surface area contributed by atoms with Crippen LogP contribution in [0.1, 0.15) is 12.8 Å². The Labute approximate surface area is 92.3 Å². The SMILES string of the molecule is O=C1CCC(Nc2ccnc(Cl)n2)CN1. The molecule has 1 aliphatic heterocycles. The van der Waals surface area contributed by atoms with Crippen molar-refractivity contribution in [2.45, 2.75) is 18.9 Å². The van der Waals surface area contributed by atoms with Crippen LogP contribution in [0.25, 0.3) is 0 Å². The molecule has 2 N–H and O–H groups in total. The lowest BCUT2D eigenvalue weighted by Crippen LogP contribution is -2.42. The number of amides is 1. The van der Waals surface area contributed by atoms with Crippen LogP contribution in [0.2, 0.25) is 5.28 Å². The zero-order chi connectivity index (χ0) is 10.7. The molecule has 1 aliphatic rings. The molecule has 1 atom stereocenters. The van der Waals surface area contributed by atoms with Gasteiger partial charge in [-0.1, -0.05) is 0 Å². The Bertz CT molecular complexity index is 361. The number of piperidine rings is 1. The number of nitrogens with one attached hydrogen (secondary N) is 2. The first-order valence-corrected chi connectivity index (χ1v) is 5.13. The van der Waals surface area contributed by atoms with E-state index in [4.69, 9.17) is 11.6 Å². The topological polar surface area (TPSA) is 66.9 Å². The van der Waals surface area contributed by atoms with Crippen LogP contribution in [-0.4, -0.2) is 28.5 Å². The van der Waals surface area contributed by atoms with E-state index in [1.165, 1.54) is 0 Å². The number of rotatable bonds is 2. The van der Waals surface area contributed by atoms with Crippen LogP contribution in [0.4, 0.5) is 5.82 Å². The van der Waals surface area contributed by atoms with Gasteiger partial charge in [0.2, 0.25) is 11.2 Å². The normalized spacial score (nSPS) is 20.9. The van der Waals surface area contributed by atoms with Gasteiger partial charge in [0, 0.05) is 25.2 Å². The first kappa shape index (κ1) is 10.2. The minimum absolute atomic E-state index is 0.105. The first-order valence-electron chi connectivity index (χ1n) is 4.76. The number of halogens is 1. The first-order chi connectivity index (χ1) is 7.24. The summed E-state index contributed by atoms with van der Waals surface area (Å²) in [5.41, 5.74) is 0. The van der Waals surface area contributed by atoms with Gasteiger partial charge in [-0.2, -0.15) is 0 Å². The van der Waals surface area contributed by atoms with Gasteiger partial charge >= 0.3 is 0 Å². The minimum Gasteiger partial charge on any atom is -0.365 e. The number of carbonyl (C=O) groups is 1. The number of aromatic nitrogens is 2. The van der Waals surface area contributed by atoms with Crippen LogP contribution in [0.5, 0.6) is 0 Å². The number of nitrogens with zero attached hydrogens (tertiary/aromatic N) is 2. The van der Waals surface area contributed by atoms with Crippen molar-refractivity contribution in [2.24, 2.45) is 0 Å². The molecule has 0 aliphatic carbocycles. The monoisotopic (exact) mass is 226 g/mol. The van der Waals surface area contributed by atoms with E-state index in [1.807, 2.05) is 0 Å². The highest BCUT2D eigenvalue weighted by Crippen LogP contribution is 2.11. The van der Waals surface area contributed by atoms with Crippen molar-refractivity contribution in [3.8, 4) is 0 Å². The molecule has 1 fully saturated rings. The van der Waals surface area contributed by atoms with Crippen molar-refractivity contribution in [2.75, 3.05) is 11.9 Å². The predicted molar refractivity (Wildman–Crippen MR) is 56.7 cm³/mol. The Balaban J connectivity index is 1.94. The van der Waals surface area contributed by atoms with Crippen molar-refractivity contribution in [3.63, 3.8) is 0 Å². The number of carbonyl (C=O) groups excluding carboxylic acids is 1. The van der Waals surface area contributed by atoms with Gasteiger partial charge in [-0.25, -0.2) is 9.97 Å². The summed E-state index contributed by atoms with van der Waals surface area (Å²) in [4.78, 5) is 18.7. The highest BCUT2D eigenvalue weighted by molar-refractivity contribution is 6.28. The zero-order valence-corrected chi connectivity index (χ0v) is 8.79. The smallest absolute Gasteiger partial charge is 0.224 e. The molecule has 0 aromatic carbocycles. The summed E-state index contributed by atoms with van der Waals surface area (Å²) in [6.07, 6.45) is 2.96. The Morgan fingerprint density at radius 2 is 2.47 bits per heavy atom. The summed E-state index contributed by atoms with van der Waals surface area (Å²) < 4.78 is 0. The van der Waals surface area contributed by atoms with E-state index in [9.17, 15) is 4.79 Å². The van der Waals surface area contributed by atoms with Crippen molar-refractivity contribution in [3.05, 3.63) is 17.5 Å². The molecule has 1 amide bonds. The Hall–Kier alpha value is -1.36. The van der Waals surface area contributed by atoms with E-state index in [2.05, 4.69) is 20.6 Å². The highest BCUT2D eigenvalue weighted by atomic mass is 35.5. The van der Waals surface area contributed by atoms with E-state index in [0.29, 0.717) is 18.8 Å². The fourth-order valence-electron chi connectivity index (χ4n) is 1.48. The molecule has 6 heteroatoms. The standard InChI is InChI=1S/C9H11ClN4O/c10-9-11-4-3-7(14-9)13-6-1-2-8(15)12-5-6/h3-4,6H,1-2,5H2,(H,12,15)(H,11,13,14). The van der Waals surface area contributed by atoms with Crippen molar-refractivity contribution < 1.29 is 4.79 Å². The van der Waals surface area contributed by atoms with E-state index in [-0.39, 0.29) is 17.2 Å². The van der Waals surface area contributed by atoms with Crippen LogP contribution in [0, 0.1) is 0 Å². The molecule has 0 radical (unpaired) electrons. The second-order valence-corrected chi connectivity index (χ2v) is 3.73. The lowest BCUT2D eigenvalue weighted by atomic mass is 10.1. The van der Waals surface area contributed by atoms with Gasteiger partial charge in [0.15, 0.2) is 0 Å². The molecule has 80 valence electrons. The molecule has 0 bridgehead atoms. The summed E-state index contributed by atoms with van der Waals surface area (Å²) in [5.74, 6) is 0.796. The van der Waals surface area contributed by atoms with Gasteiger partial charge in [0.25, 0.3) is 0 Å². The van der Waals surface area contributed by atoms with Crippen LogP contribution in [-0.2, 0) is 4.79 Å². The summed E-state index contributed by atoms with van der Waals surface area (Å²) in [6, 6.07) is 1.97. The molecule has 15 heavy (non-hydrogen) atoms. The van der Waals surface area contributed by atoms with Crippen LogP contribution >= 0.6 is 11.6 Å². The number of anilines is 1. The molecule has 2 heterocycles. The van der Waals surface area contributed by atoms with Gasteiger partial charge in [0.1, 0.15) is 5.82 Å². The third-order valence-electron chi connectivity index (χ3n) is 2.24. The lowest BCUT2D eigenvalue weighted by Gasteiger charge is -2.23. The Morgan fingerprint density at radius 3 is 3.13 bits per heavy atom. The maximum Gasteiger partial charge on any atom is 0.224 e. The molecular weight excluding hydrogens is 216 g/mol. The van der Waals surface area contributed by atoms with Gasteiger partial charge < -0.3 is 10.6 Å². The van der Waals surface area contributed by atoms with Gasteiger partial charge in [-0.15, -0.1) is 0 Å². The Morgan fingerprint density at radius 1 is 1.60 bits per heavy atom. The summed E-state index contributed by atoms with van der Waals surface area (Å²) in [6.45, 7) is 0.625. The average molecular weight is 227 g/mol. The van der Waals surface area contributed by atoms with E-state index in [1.54, 1.807) is 12.3 Å². The fourth-order valence-corrected chi connectivity index (χ4v) is 1.63. The molecular formula is C9H11ClN4O. The second kappa shape index (κ2) is 4.44. The molecule has 1 saturated heterocycles. The maximum absolute atomic E-state index is 10.9. The average Bonchev–Trinajstić information content (AvgIpc) is 2.22. The van der Waals surface area contributed by atoms with Crippen molar-refractivity contribution >= 4 is 23.3 Å². The Kier molecular flexibility index (Phi) is 3.01. The second-order valence-electron chi connectivity index (χ2n) is 3.39. The fraction of sp³-hybridized carbons (Fsp3) is 0.444. The number of hydrogen-bond donors (Lipinski definition) is 2. The molecule has 0 spiro atoms. The highest BCUT2D eigenvalue weighted by Gasteiger charge is 2.17. The third kappa shape index (κ3) is 2.79. The van der Waals surface area contributed by atoms with Crippen LogP contribution in [0.15, 0.2) is 12.3 Å². The summed E-state index contributed by atoms with van der Waals surface area (Å²) in [7, 11) is 0. The molecule has 0 saturated carbocycles. The van der Waals surface area contributed by atoms with Crippen LogP contribution in [0.3, 0.4) is 0 Å². The predicted octanol–water partition coefficient (Wildman–Crippen LogP) is 0.820. The largest absolute Gasteiger partial charge is 0.365 e. The van der Waals surface area contributed by atoms with Crippen LogP contribution < -0.4 is 10.6 Å². The lowest BCUT2D eigenvalue weighted by molar-refractivity contribution is -0.122. The molecule has 5 nitrogen and oxygen atoms in total. The van der Waals surface area contributed by atoms with Crippen molar-refractivity contribution in [1.82, 2.24) is 15.3 Å². The van der Waals surface area contributed by atoms with Gasteiger partial charge in [0.05, 0.1) is 0 Å². The molecule has 1 aromatic rings. The maximum atomic E-state index is 10.9. The van der Waals surface area contributed by atoms with Gasteiger partial charge in [-0.3, -0.25) is 4.79 Å². The summed E-state index contributed by atoms with van der Waals surface area (Å²) >= 11 is 5.65. The zero-order valence-electron chi connectivity index (χ0n) is 8.03.